The van der Waals surface area contributed by atoms with Crippen LogP contribution in [0, 0.1) is 15.3 Å². The second-order valence-corrected chi connectivity index (χ2v) is 6.05. The van der Waals surface area contributed by atoms with Gasteiger partial charge in [0, 0.05) is 15.8 Å². The summed E-state index contributed by atoms with van der Waals surface area (Å²) in [5, 5.41) is 3.39. The average molecular weight is 337 g/mol. The van der Waals surface area contributed by atoms with Crippen LogP contribution in [0.1, 0.15) is 6.42 Å². The van der Waals surface area contributed by atoms with Crippen LogP contribution >= 0.6 is 34.4 Å². The van der Waals surface area contributed by atoms with Crippen molar-refractivity contribution >= 4 is 40.0 Å². The van der Waals surface area contributed by atoms with Crippen molar-refractivity contribution in [2.45, 2.75) is 6.42 Å². The van der Waals surface area contributed by atoms with Crippen LogP contribution < -0.4 is 5.32 Å². The van der Waals surface area contributed by atoms with E-state index >= 15 is 0 Å². The van der Waals surface area contributed by atoms with Gasteiger partial charge in [0.25, 0.3) is 0 Å². The lowest BCUT2D eigenvalue weighted by atomic mass is 10.1. The predicted molar refractivity (Wildman–Crippen MR) is 73.0 cm³/mol. The molecular formula is C11H13FINS. The summed E-state index contributed by atoms with van der Waals surface area (Å²) in [6, 6.07) is 4.89. The molecule has 1 unspecified atom stereocenters. The molecule has 1 aliphatic heterocycles. The molecule has 1 saturated heterocycles. The van der Waals surface area contributed by atoms with Gasteiger partial charge in [-0.25, -0.2) is 4.39 Å². The fourth-order valence-electron chi connectivity index (χ4n) is 1.63. The van der Waals surface area contributed by atoms with Crippen molar-refractivity contribution in [2.24, 2.45) is 5.92 Å². The number of benzene rings is 1. The van der Waals surface area contributed by atoms with Crippen LogP contribution in [0.2, 0.25) is 0 Å². The maximum absolute atomic E-state index is 12.9. The maximum Gasteiger partial charge on any atom is 0.124 e. The van der Waals surface area contributed by atoms with Crippen molar-refractivity contribution in [2.75, 3.05) is 23.4 Å². The van der Waals surface area contributed by atoms with Gasteiger partial charge in [0.05, 0.1) is 0 Å². The molecule has 0 bridgehead atoms. The number of hydrogen-bond acceptors (Lipinski definition) is 2. The Hall–Kier alpha value is 0.0300. The third-order valence-corrected chi connectivity index (χ3v) is 4.66. The number of anilines is 1. The molecular weight excluding hydrogens is 324 g/mol. The monoisotopic (exact) mass is 337 g/mol. The van der Waals surface area contributed by atoms with Crippen LogP contribution in [-0.4, -0.2) is 18.1 Å². The van der Waals surface area contributed by atoms with E-state index < -0.39 is 0 Å². The molecule has 0 aliphatic carbocycles. The number of hydrogen-bond donors (Lipinski definition) is 1. The SMILES string of the molecule is Fc1ccc(NCC2CCSC2)c(I)c1. The lowest BCUT2D eigenvalue weighted by molar-refractivity contribution is 0.624. The minimum atomic E-state index is -0.165. The Bertz CT molecular complexity index is 339. The second-order valence-electron chi connectivity index (χ2n) is 3.73. The zero-order valence-electron chi connectivity index (χ0n) is 8.30. The summed E-state index contributed by atoms with van der Waals surface area (Å²) >= 11 is 4.19. The molecule has 1 atom stereocenters. The van der Waals surface area contributed by atoms with Gasteiger partial charge in [-0.2, -0.15) is 11.8 Å². The van der Waals surface area contributed by atoms with Crippen molar-refractivity contribution in [1.29, 1.82) is 0 Å². The highest BCUT2D eigenvalue weighted by Gasteiger charge is 2.15. The first kappa shape index (κ1) is 11.5. The Labute approximate surface area is 107 Å². The van der Waals surface area contributed by atoms with E-state index in [0.717, 1.165) is 21.7 Å². The first-order valence-corrected chi connectivity index (χ1v) is 7.26. The number of rotatable bonds is 3. The molecule has 0 amide bonds. The molecule has 1 fully saturated rings. The molecule has 2 rings (SSSR count). The van der Waals surface area contributed by atoms with Crippen LogP contribution in [0.25, 0.3) is 0 Å². The van der Waals surface area contributed by atoms with Crippen molar-refractivity contribution in [3.63, 3.8) is 0 Å². The smallest absolute Gasteiger partial charge is 0.124 e. The zero-order valence-corrected chi connectivity index (χ0v) is 11.3. The molecule has 1 nitrogen and oxygen atoms in total. The first-order chi connectivity index (χ1) is 7.25. The van der Waals surface area contributed by atoms with Crippen LogP contribution in [0.5, 0.6) is 0 Å². The van der Waals surface area contributed by atoms with Gasteiger partial charge < -0.3 is 5.32 Å². The summed E-state index contributed by atoms with van der Waals surface area (Å²) < 4.78 is 13.8. The molecule has 82 valence electrons. The zero-order chi connectivity index (χ0) is 10.7. The quantitative estimate of drug-likeness (QED) is 0.846. The summed E-state index contributed by atoms with van der Waals surface area (Å²) in [5.41, 5.74) is 1.05. The molecule has 0 spiro atoms. The Kier molecular flexibility index (Phi) is 4.13. The van der Waals surface area contributed by atoms with Gasteiger partial charge in [-0.05, 0) is 64.6 Å². The minimum absolute atomic E-state index is 0.165. The number of halogens is 2. The Morgan fingerprint density at radius 1 is 1.53 bits per heavy atom. The first-order valence-electron chi connectivity index (χ1n) is 5.02. The van der Waals surface area contributed by atoms with Crippen molar-refractivity contribution in [1.82, 2.24) is 0 Å². The van der Waals surface area contributed by atoms with Gasteiger partial charge in [0.15, 0.2) is 0 Å². The van der Waals surface area contributed by atoms with Gasteiger partial charge in [-0.3, -0.25) is 0 Å². The van der Waals surface area contributed by atoms with Crippen LogP contribution in [0.15, 0.2) is 18.2 Å². The third-order valence-electron chi connectivity index (χ3n) is 2.54. The van der Waals surface area contributed by atoms with E-state index in [1.165, 1.54) is 24.0 Å². The summed E-state index contributed by atoms with van der Waals surface area (Å²) in [6.45, 7) is 1.01. The average Bonchev–Trinajstić information content (AvgIpc) is 2.69. The van der Waals surface area contributed by atoms with Crippen molar-refractivity contribution < 1.29 is 4.39 Å². The summed E-state index contributed by atoms with van der Waals surface area (Å²) in [4.78, 5) is 0. The van der Waals surface area contributed by atoms with Gasteiger partial charge in [0.2, 0.25) is 0 Å². The Morgan fingerprint density at radius 2 is 2.40 bits per heavy atom. The van der Waals surface area contributed by atoms with Crippen molar-refractivity contribution in [3.8, 4) is 0 Å². The molecule has 1 N–H and O–H groups in total. The molecule has 4 heteroatoms. The maximum atomic E-state index is 12.9. The van der Waals surface area contributed by atoms with E-state index in [9.17, 15) is 4.39 Å². The minimum Gasteiger partial charge on any atom is -0.384 e. The van der Waals surface area contributed by atoms with E-state index in [2.05, 4.69) is 27.9 Å². The van der Waals surface area contributed by atoms with Crippen LogP contribution in [0.4, 0.5) is 10.1 Å². The molecule has 0 radical (unpaired) electrons. The summed E-state index contributed by atoms with van der Waals surface area (Å²) in [7, 11) is 0. The predicted octanol–water partition coefficient (Wildman–Crippen LogP) is 3.60. The molecule has 0 aromatic heterocycles. The standard InChI is InChI=1S/C11H13FINS/c12-9-1-2-11(10(13)5-9)14-6-8-3-4-15-7-8/h1-2,5,8,14H,3-4,6-7H2. The molecule has 1 aromatic rings. The van der Waals surface area contributed by atoms with Crippen LogP contribution in [-0.2, 0) is 0 Å². The molecule has 0 saturated carbocycles. The van der Waals surface area contributed by atoms with E-state index in [-0.39, 0.29) is 5.82 Å². The largest absolute Gasteiger partial charge is 0.384 e. The Morgan fingerprint density at radius 3 is 3.07 bits per heavy atom. The molecule has 1 aromatic carbocycles. The van der Waals surface area contributed by atoms with Crippen molar-refractivity contribution in [3.05, 3.63) is 27.6 Å². The van der Waals surface area contributed by atoms with E-state index in [1.54, 1.807) is 6.07 Å². The molecule has 15 heavy (non-hydrogen) atoms. The van der Waals surface area contributed by atoms with Gasteiger partial charge >= 0.3 is 0 Å². The second kappa shape index (κ2) is 5.39. The molecule has 1 aliphatic rings. The Balaban J connectivity index is 1.92. The molecule has 1 heterocycles. The van der Waals surface area contributed by atoms with Gasteiger partial charge in [-0.15, -0.1) is 0 Å². The van der Waals surface area contributed by atoms with Crippen LogP contribution in [0.3, 0.4) is 0 Å². The highest BCUT2D eigenvalue weighted by Crippen LogP contribution is 2.25. The van der Waals surface area contributed by atoms with Gasteiger partial charge in [-0.1, -0.05) is 0 Å². The summed E-state index contributed by atoms with van der Waals surface area (Å²) in [5.74, 6) is 3.15. The number of thioether (sulfide) groups is 1. The summed E-state index contributed by atoms with van der Waals surface area (Å²) in [6.07, 6.45) is 1.30. The van der Waals surface area contributed by atoms with Gasteiger partial charge in [0.1, 0.15) is 5.82 Å². The highest BCUT2D eigenvalue weighted by molar-refractivity contribution is 14.1. The lowest BCUT2D eigenvalue weighted by Gasteiger charge is -2.12. The number of nitrogens with one attached hydrogen (secondary N) is 1. The fraction of sp³-hybridized carbons (Fsp3) is 0.455. The van der Waals surface area contributed by atoms with E-state index in [4.69, 9.17) is 0 Å². The highest BCUT2D eigenvalue weighted by atomic mass is 127. The topological polar surface area (TPSA) is 12.0 Å². The van der Waals surface area contributed by atoms with E-state index in [0.29, 0.717) is 0 Å². The van der Waals surface area contributed by atoms with E-state index in [1.807, 2.05) is 17.8 Å². The normalized spacial score (nSPS) is 20.5. The fourth-order valence-corrected chi connectivity index (χ4v) is 3.58. The third kappa shape index (κ3) is 3.24. The lowest BCUT2D eigenvalue weighted by Crippen LogP contribution is -2.14.